The first kappa shape index (κ1) is 20.1. The van der Waals surface area contributed by atoms with Crippen molar-refractivity contribution in [1.82, 2.24) is 0 Å². The first-order valence-corrected chi connectivity index (χ1v) is 11.0. The zero-order chi connectivity index (χ0) is 16.8. The molecule has 0 saturated heterocycles. The lowest BCUT2D eigenvalue weighted by Gasteiger charge is -2.38. The summed E-state index contributed by atoms with van der Waals surface area (Å²) < 4.78 is 27.9. The topological polar surface area (TPSA) is 46.2 Å². The molecule has 1 saturated carbocycles. The number of ether oxygens (including phenoxy) is 4. The second kappa shape index (κ2) is 8.75. The molecule has 0 spiro atoms. The third kappa shape index (κ3) is 5.90. The zero-order valence-corrected chi connectivity index (χ0v) is 16.3. The van der Waals surface area contributed by atoms with Gasteiger partial charge in [0.25, 0.3) is 0 Å². The van der Waals surface area contributed by atoms with Crippen LogP contribution < -0.4 is 0 Å². The molecule has 132 valence electrons. The lowest BCUT2D eigenvalue weighted by molar-refractivity contribution is -0.106. The summed E-state index contributed by atoms with van der Waals surface area (Å²) in [6.45, 7) is 12.7. The summed E-state index contributed by atoms with van der Waals surface area (Å²) in [6, 6.07) is 0. The third-order valence-corrected chi connectivity index (χ3v) is 9.32. The average molecular weight is 335 g/mol. The highest BCUT2D eigenvalue weighted by Crippen LogP contribution is 2.41. The second-order valence-corrected chi connectivity index (χ2v) is 12.4. The van der Waals surface area contributed by atoms with Crippen LogP contribution in [0.4, 0.5) is 0 Å². The van der Waals surface area contributed by atoms with E-state index in [9.17, 15) is 0 Å². The molecule has 1 aliphatic rings. The van der Waals surface area contributed by atoms with E-state index in [1.165, 1.54) is 0 Å². The van der Waals surface area contributed by atoms with Gasteiger partial charge in [0.15, 0.2) is 8.32 Å². The molecule has 0 aromatic carbocycles. The molecule has 0 bridgehead atoms. The maximum absolute atomic E-state index is 6.54. The minimum absolute atomic E-state index is 0.131. The van der Waals surface area contributed by atoms with Crippen molar-refractivity contribution in [2.24, 2.45) is 5.92 Å². The van der Waals surface area contributed by atoms with E-state index in [0.717, 1.165) is 12.8 Å². The molecule has 0 aromatic rings. The van der Waals surface area contributed by atoms with Crippen molar-refractivity contribution in [3.05, 3.63) is 0 Å². The fraction of sp³-hybridized carbons (Fsp3) is 1.00. The molecule has 1 rings (SSSR count). The first-order valence-electron chi connectivity index (χ1n) is 8.06. The molecular weight excluding hydrogens is 300 g/mol. The van der Waals surface area contributed by atoms with Crippen molar-refractivity contribution in [3.8, 4) is 0 Å². The van der Waals surface area contributed by atoms with Gasteiger partial charge >= 0.3 is 0 Å². The van der Waals surface area contributed by atoms with Crippen LogP contribution in [0.2, 0.25) is 18.1 Å². The van der Waals surface area contributed by atoms with E-state index in [2.05, 4.69) is 33.9 Å². The molecule has 0 N–H and O–H groups in total. The van der Waals surface area contributed by atoms with E-state index in [0.29, 0.717) is 26.1 Å². The van der Waals surface area contributed by atoms with E-state index in [1.807, 2.05) is 0 Å². The summed E-state index contributed by atoms with van der Waals surface area (Å²) in [6.07, 6.45) is 2.27. The predicted octanol–water partition coefficient (Wildman–Crippen LogP) is 3.40. The Morgan fingerprint density at radius 2 is 1.64 bits per heavy atom. The van der Waals surface area contributed by atoms with Gasteiger partial charge in [-0.1, -0.05) is 20.8 Å². The maximum atomic E-state index is 6.54. The Morgan fingerprint density at radius 3 is 2.18 bits per heavy atom. The van der Waals surface area contributed by atoms with Crippen LogP contribution in [0.5, 0.6) is 0 Å². The van der Waals surface area contributed by atoms with Crippen molar-refractivity contribution < 1.29 is 23.4 Å². The molecular formula is C16H34O5Si. The van der Waals surface area contributed by atoms with Gasteiger partial charge in [-0.3, -0.25) is 0 Å². The Balaban J connectivity index is 2.59. The quantitative estimate of drug-likeness (QED) is 0.367. The summed E-state index contributed by atoms with van der Waals surface area (Å²) in [5.41, 5.74) is 0. The summed E-state index contributed by atoms with van der Waals surface area (Å²) in [5.74, 6) is 0.333. The minimum atomic E-state index is -1.75. The molecule has 3 atom stereocenters. The van der Waals surface area contributed by atoms with E-state index in [1.54, 1.807) is 14.2 Å². The normalized spacial score (nSPS) is 26.6. The smallest absolute Gasteiger partial charge is 0.192 e. The van der Waals surface area contributed by atoms with Gasteiger partial charge in [0.2, 0.25) is 0 Å². The van der Waals surface area contributed by atoms with Gasteiger partial charge in [0.1, 0.15) is 13.6 Å². The molecule has 0 radical (unpaired) electrons. The Bertz CT molecular complexity index is 316. The highest BCUT2D eigenvalue weighted by Gasteiger charge is 2.43. The van der Waals surface area contributed by atoms with Gasteiger partial charge < -0.3 is 23.4 Å². The Morgan fingerprint density at radius 1 is 1.00 bits per heavy atom. The SMILES string of the molecule is COCOC[C@@H]1C[C@@H](O[Si](C)(C)C(C)(C)C)C[C@H]1OCOC. The molecule has 0 amide bonds. The van der Waals surface area contributed by atoms with Gasteiger partial charge in [0.05, 0.1) is 12.7 Å². The zero-order valence-electron chi connectivity index (χ0n) is 15.3. The summed E-state index contributed by atoms with van der Waals surface area (Å²) in [7, 11) is 1.53. The fourth-order valence-corrected chi connectivity index (χ4v) is 3.92. The average Bonchev–Trinajstić information content (AvgIpc) is 2.76. The number of rotatable bonds is 9. The van der Waals surface area contributed by atoms with Crippen LogP contribution in [0.25, 0.3) is 0 Å². The van der Waals surface area contributed by atoms with Gasteiger partial charge in [-0.15, -0.1) is 0 Å². The standard InChI is InChI=1S/C16H34O5Si/c1-16(2,3)22(6,7)21-14-8-13(10-19-11-17-4)15(9-14)20-12-18-5/h13-15H,8-12H2,1-7H3/t13-,14+,15+/m0/s1. The molecule has 0 aromatic heterocycles. The lowest BCUT2D eigenvalue weighted by atomic mass is 10.1. The Kier molecular flexibility index (Phi) is 7.98. The van der Waals surface area contributed by atoms with Crippen LogP contribution >= 0.6 is 0 Å². The molecule has 22 heavy (non-hydrogen) atoms. The maximum Gasteiger partial charge on any atom is 0.192 e. The lowest BCUT2D eigenvalue weighted by Crippen LogP contribution is -2.43. The van der Waals surface area contributed by atoms with Crippen LogP contribution in [0.1, 0.15) is 33.6 Å². The fourth-order valence-electron chi connectivity index (χ4n) is 2.54. The van der Waals surface area contributed by atoms with Crippen molar-refractivity contribution >= 4 is 8.32 Å². The predicted molar refractivity (Wildman–Crippen MR) is 89.4 cm³/mol. The monoisotopic (exact) mass is 334 g/mol. The molecule has 1 aliphatic carbocycles. The summed E-state index contributed by atoms with van der Waals surface area (Å²) in [4.78, 5) is 0. The molecule has 0 aliphatic heterocycles. The van der Waals surface area contributed by atoms with E-state index < -0.39 is 8.32 Å². The first-order chi connectivity index (χ1) is 10.2. The van der Waals surface area contributed by atoms with Gasteiger partial charge in [-0.2, -0.15) is 0 Å². The minimum Gasteiger partial charge on any atom is -0.414 e. The van der Waals surface area contributed by atoms with Crippen LogP contribution in [-0.2, 0) is 23.4 Å². The Hall–Kier alpha value is 0.0169. The second-order valence-electron chi connectivity index (χ2n) is 7.62. The summed E-state index contributed by atoms with van der Waals surface area (Å²) >= 11 is 0. The van der Waals surface area contributed by atoms with Crippen LogP contribution in [-0.4, -0.2) is 54.9 Å². The molecule has 0 heterocycles. The van der Waals surface area contributed by atoms with Crippen molar-refractivity contribution in [2.45, 2.75) is 64.0 Å². The number of hydrogen-bond acceptors (Lipinski definition) is 5. The highest BCUT2D eigenvalue weighted by atomic mass is 28.4. The van der Waals surface area contributed by atoms with Crippen LogP contribution in [0.15, 0.2) is 0 Å². The Labute approximate surface area is 136 Å². The molecule has 5 nitrogen and oxygen atoms in total. The highest BCUT2D eigenvalue weighted by molar-refractivity contribution is 6.74. The van der Waals surface area contributed by atoms with Crippen molar-refractivity contribution in [1.29, 1.82) is 0 Å². The van der Waals surface area contributed by atoms with Crippen molar-refractivity contribution in [3.63, 3.8) is 0 Å². The number of hydrogen-bond donors (Lipinski definition) is 0. The molecule has 6 heteroatoms. The van der Waals surface area contributed by atoms with E-state index >= 15 is 0 Å². The third-order valence-electron chi connectivity index (χ3n) is 4.79. The molecule has 0 unspecified atom stereocenters. The van der Waals surface area contributed by atoms with Gasteiger partial charge in [0, 0.05) is 26.2 Å². The summed E-state index contributed by atoms with van der Waals surface area (Å²) in [5, 5.41) is 0.223. The van der Waals surface area contributed by atoms with E-state index in [-0.39, 0.29) is 17.2 Å². The van der Waals surface area contributed by atoms with Crippen molar-refractivity contribution in [2.75, 3.05) is 34.4 Å². The number of methoxy groups -OCH3 is 2. The van der Waals surface area contributed by atoms with Crippen LogP contribution in [0.3, 0.4) is 0 Å². The molecule has 1 fully saturated rings. The largest absolute Gasteiger partial charge is 0.414 e. The van der Waals surface area contributed by atoms with Gasteiger partial charge in [-0.25, -0.2) is 0 Å². The van der Waals surface area contributed by atoms with Crippen LogP contribution in [0, 0.1) is 5.92 Å². The van der Waals surface area contributed by atoms with Gasteiger partial charge in [-0.05, 0) is 31.0 Å². The van der Waals surface area contributed by atoms with E-state index in [4.69, 9.17) is 23.4 Å².